The van der Waals surface area contributed by atoms with Gasteiger partial charge in [-0.2, -0.15) is 0 Å². The Labute approximate surface area is 241 Å². The van der Waals surface area contributed by atoms with Crippen LogP contribution in [-0.4, -0.2) is 34.4 Å². The Morgan fingerprint density at radius 2 is 1.32 bits per heavy atom. The molecule has 0 aliphatic rings. The number of rotatable bonds is 14. The molecule has 6 heteroatoms. The Kier molecular flexibility index (Phi) is 10.6. The monoisotopic (exact) mass is 551 g/mol. The minimum absolute atomic E-state index is 0.104. The van der Waals surface area contributed by atoms with Crippen molar-refractivity contribution < 1.29 is 24.5 Å². The maximum absolute atomic E-state index is 13.4. The second kappa shape index (κ2) is 14.5. The number of hydrogen-bond donors (Lipinski definition) is 3. The standard InChI is InChI=1S/C35H37NO5/c1-2-31(36)32(40-25-26-15-7-3-8-16-26)23-30(37)24-33(38)41-34(27-17-9-4-10-18-27)35(39,28-19-11-5-12-20-28)29-21-13-6-14-22-29/h2-22,30-32,34,37,39H,1,23-25,36H2/t30-,31-,32-,34+/m0/s1. The Bertz CT molecular complexity index is 1310. The first-order valence-electron chi connectivity index (χ1n) is 13.7. The molecule has 0 unspecified atom stereocenters. The summed E-state index contributed by atoms with van der Waals surface area (Å²) in [5.41, 5.74) is 7.22. The molecule has 0 saturated carbocycles. The smallest absolute Gasteiger partial charge is 0.309 e. The van der Waals surface area contributed by atoms with E-state index in [2.05, 4.69) is 6.58 Å². The first kappa shape index (κ1) is 29.9. The highest BCUT2D eigenvalue weighted by molar-refractivity contribution is 5.70. The Hall–Kier alpha value is -4.07. The summed E-state index contributed by atoms with van der Waals surface area (Å²) >= 11 is 0. The molecule has 0 amide bonds. The van der Waals surface area contributed by atoms with Gasteiger partial charge < -0.3 is 25.4 Å². The van der Waals surface area contributed by atoms with Crippen LogP contribution in [0.15, 0.2) is 134 Å². The molecule has 0 spiro atoms. The van der Waals surface area contributed by atoms with Crippen LogP contribution in [0.5, 0.6) is 0 Å². The maximum Gasteiger partial charge on any atom is 0.309 e. The highest BCUT2D eigenvalue weighted by Gasteiger charge is 2.44. The second-order valence-corrected chi connectivity index (χ2v) is 10.0. The summed E-state index contributed by atoms with van der Waals surface area (Å²) in [6.45, 7) is 4.06. The molecule has 4 rings (SSSR count). The van der Waals surface area contributed by atoms with Gasteiger partial charge in [-0.15, -0.1) is 6.58 Å². The fraction of sp³-hybridized carbons (Fsp3) is 0.229. The van der Waals surface area contributed by atoms with Crippen molar-refractivity contribution in [1.82, 2.24) is 0 Å². The van der Waals surface area contributed by atoms with E-state index in [1.54, 1.807) is 30.3 Å². The summed E-state index contributed by atoms with van der Waals surface area (Å²) in [7, 11) is 0. The number of carbonyl (C=O) groups is 1. The van der Waals surface area contributed by atoms with Gasteiger partial charge in [0, 0.05) is 12.5 Å². The SMILES string of the molecule is C=C[C@H](N)[C@H](C[C@H](O)CC(=O)O[C@H](c1ccccc1)C(O)(c1ccccc1)c1ccccc1)OCc1ccccc1. The molecule has 0 aromatic heterocycles. The summed E-state index contributed by atoms with van der Waals surface area (Å²) in [5, 5.41) is 23.3. The Balaban J connectivity index is 1.55. The zero-order valence-electron chi connectivity index (χ0n) is 23.0. The quantitative estimate of drug-likeness (QED) is 0.142. The van der Waals surface area contributed by atoms with Crippen LogP contribution in [0, 0.1) is 0 Å². The molecule has 4 N–H and O–H groups in total. The number of benzene rings is 4. The highest BCUT2D eigenvalue weighted by atomic mass is 16.6. The lowest BCUT2D eigenvalue weighted by Gasteiger charge is -2.37. The fourth-order valence-electron chi connectivity index (χ4n) is 4.87. The van der Waals surface area contributed by atoms with Crippen LogP contribution in [0.25, 0.3) is 0 Å². The number of esters is 1. The number of ether oxygens (including phenoxy) is 2. The van der Waals surface area contributed by atoms with Gasteiger partial charge in [0.05, 0.1) is 25.2 Å². The van der Waals surface area contributed by atoms with Crippen molar-refractivity contribution in [3.05, 3.63) is 156 Å². The van der Waals surface area contributed by atoms with Crippen molar-refractivity contribution in [2.24, 2.45) is 5.73 Å². The molecule has 4 aromatic carbocycles. The minimum Gasteiger partial charge on any atom is -0.454 e. The van der Waals surface area contributed by atoms with Gasteiger partial charge in [0.15, 0.2) is 11.7 Å². The molecule has 0 radical (unpaired) electrons. The maximum atomic E-state index is 13.4. The van der Waals surface area contributed by atoms with Gasteiger partial charge in [-0.3, -0.25) is 4.79 Å². The van der Waals surface area contributed by atoms with Crippen LogP contribution in [0.4, 0.5) is 0 Å². The van der Waals surface area contributed by atoms with E-state index >= 15 is 0 Å². The van der Waals surface area contributed by atoms with E-state index in [1.165, 1.54) is 0 Å². The lowest BCUT2D eigenvalue weighted by atomic mass is 9.79. The molecule has 4 aromatic rings. The van der Waals surface area contributed by atoms with Gasteiger partial charge in [-0.1, -0.05) is 127 Å². The summed E-state index contributed by atoms with van der Waals surface area (Å²) in [4.78, 5) is 13.4. The third-order valence-electron chi connectivity index (χ3n) is 7.07. The highest BCUT2D eigenvalue weighted by Crippen LogP contribution is 2.43. The fourth-order valence-corrected chi connectivity index (χ4v) is 4.87. The van der Waals surface area contributed by atoms with E-state index in [4.69, 9.17) is 15.2 Å². The number of aliphatic hydroxyl groups excluding tert-OH is 1. The van der Waals surface area contributed by atoms with Crippen molar-refractivity contribution in [2.75, 3.05) is 0 Å². The number of carbonyl (C=O) groups excluding carboxylic acids is 1. The molecule has 0 fully saturated rings. The minimum atomic E-state index is -1.70. The van der Waals surface area contributed by atoms with Gasteiger partial charge in [-0.05, 0) is 22.3 Å². The van der Waals surface area contributed by atoms with Crippen LogP contribution >= 0.6 is 0 Å². The molecule has 0 heterocycles. The molecule has 0 aliphatic heterocycles. The normalized spacial score (nSPS) is 14.4. The molecule has 212 valence electrons. The average Bonchev–Trinajstić information content (AvgIpc) is 3.03. The van der Waals surface area contributed by atoms with Crippen molar-refractivity contribution >= 4 is 5.97 Å². The lowest BCUT2D eigenvalue weighted by molar-refractivity contribution is -0.166. The van der Waals surface area contributed by atoms with Gasteiger partial charge in [0.2, 0.25) is 0 Å². The second-order valence-electron chi connectivity index (χ2n) is 10.0. The molecule has 0 bridgehead atoms. The van der Waals surface area contributed by atoms with Gasteiger partial charge in [0.25, 0.3) is 0 Å². The lowest BCUT2D eigenvalue weighted by Crippen LogP contribution is -2.39. The van der Waals surface area contributed by atoms with Gasteiger partial charge >= 0.3 is 5.97 Å². The molecule has 41 heavy (non-hydrogen) atoms. The first-order chi connectivity index (χ1) is 19.9. The molecule has 4 atom stereocenters. The van der Waals surface area contributed by atoms with Crippen LogP contribution < -0.4 is 5.73 Å². The van der Waals surface area contributed by atoms with E-state index in [1.807, 2.05) is 97.1 Å². The third-order valence-corrected chi connectivity index (χ3v) is 7.07. The van der Waals surface area contributed by atoms with Gasteiger partial charge in [-0.25, -0.2) is 0 Å². The topological polar surface area (TPSA) is 102 Å². The van der Waals surface area contributed by atoms with E-state index in [0.717, 1.165) is 5.56 Å². The Morgan fingerprint density at radius 1 is 0.829 bits per heavy atom. The average molecular weight is 552 g/mol. The third kappa shape index (κ3) is 7.78. The first-order valence-corrected chi connectivity index (χ1v) is 13.7. The molecule has 0 saturated heterocycles. The molecular formula is C35H37NO5. The van der Waals surface area contributed by atoms with Crippen LogP contribution in [0.1, 0.15) is 41.2 Å². The summed E-state index contributed by atoms with van der Waals surface area (Å²) in [6.07, 6.45) is -1.39. The van der Waals surface area contributed by atoms with Crippen molar-refractivity contribution in [1.29, 1.82) is 0 Å². The zero-order valence-corrected chi connectivity index (χ0v) is 23.0. The van der Waals surface area contributed by atoms with E-state index in [0.29, 0.717) is 23.3 Å². The number of nitrogens with two attached hydrogens (primary N) is 1. The van der Waals surface area contributed by atoms with Crippen LogP contribution in [0.2, 0.25) is 0 Å². The predicted molar refractivity (Wildman–Crippen MR) is 160 cm³/mol. The Morgan fingerprint density at radius 3 is 1.83 bits per heavy atom. The largest absolute Gasteiger partial charge is 0.454 e. The number of hydrogen-bond acceptors (Lipinski definition) is 6. The van der Waals surface area contributed by atoms with Crippen LogP contribution in [0.3, 0.4) is 0 Å². The van der Waals surface area contributed by atoms with Gasteiger partial charge in [0.1, 0.15) is 0 Å². The number of aliphatic hydroxyl groups is 2. The van der Waals surface area contributed by atoms with E-state index in [9.17, 15) is 15.0 Å². The van der Waals surface area contributed by atoms with Crippen LogP contribution in [-0.2, 0) is 26.5 Å². The molecule has 0 aliphatic carbocycles. The van der Waals surface area contributed by atoms with Crippen molar-refractivity contribution in [2.45, 2.75) is 49.4 Å². The van der Waals surface area contributed by atoms with Crippen molar-refractivity contribution in [3.63, 3.8) is 0 Å². The molecular weight excluding hydrogens is 514 g/mol. The van der Waals surface area contributed by atoms with E-state index in [-0.39, 0.29) is 12.8 Å². The summed E-state index contributed by atoms with van der Waals surface area (Å²) in [5.74, 6) is -0.661. The molecule has 6 nitrogen and oxygen atoms in total. The predicted octanol–water partition coefficient (Wildman–Crippen LogP) is 5.45. The summed E-state index contributed by atoms with van der Waals surface area (Å²) in [6, 6.07) is 36.5. The zero-order chi connectivity index (χ0) is 29.1. The van der Waals surface area contributed by atoms with Crippen molar-refractivity contribution in [3.8, 4) is 0 Å². The van der Waals surface area contributed by atoms with E-state index < -0.39 is 35.9 Å². The summed E-state index contributed by atoms with van der Waals surface area (Å²) < 4.78 is 12.0.